The second-order valence-corrected chi connectivity index (χ2v) is 9.92. The number of halogens is 3. The molecule has 2 amide bonds. The van der Waals surface area contributed by atoms with Gasteiger partial charge >= 0.3 is 6.09 Å². The van der Waals surface area contributed by atoms with Gasteiger partial charge in [0.1, 0.15) is 18.2 Å². The van der Waals surface area contributed by atoms with E-state index in [-0.39, 0.29) is 36.0 Å². The van der Waals surface area contributed by atoms with Gasteiger partial charge in [-0.1, -0.05) is 18.5 Å². The molecule has 1 saturated heterocycles. The lowest BCUT2D eigenvalue weighted by Crippen LogP contribution is -2.50. The summed E-state index contributed by atoms with van der Waals surface area (Å²) in [6.45, 7) is 1.39. The molecule has 2 unspecified atom stereocenters. The number of hydrogen-bond donors (Lipinski definition) is 1. The molecule has 172 valence electrons. The summed E-state index contributed by atoms with van der Waals surface area (Å²) in [5, 5.41) is 1.34. The van der Waals surface area contributed by atoms with Gasteiger partial charge in [0.15, 0.2) is 9.84 Å². The standard InChI is InChI=1S/C21H21ClF2N2O5S/c1-13(12-31-21(28)26-9-8-25-19(27)11-26)20(17-10-15(23)4-7-18(17)24)32(29,30)16-5-2-14(22)3-6-16/h2-7,10,13,20H,8-9,11-12H2,1H3,(H,25,27). The summed E-state index contributed by atoms with van der Waals surface area (Å²) in [6.07, 6.45) is -0.797. The number of benzene rings is 2. The van der Waals surface area contributed by atoms with Crippen molar-refractivity contribution >= 4 is 33.4 Å². The highest BCUT2D eigenvalue weighted by molar-refractivity contribution is 7.91. The molecule has 0 radical (unpaired) electrons. The minimum absolute atomic E-state index is 0.138. The van der Waals surface area contributed by atoms with Gasteiger partial charge in [-0.25, -0.2) is 22.0 Å². The predicted molar refractivity (Wildman–Crippen MR) is 113 cm³/mol. The second kappa shape index (κ2) is 9.83. The summed E-state index contributed by atoms with van der Waals surface area (Å²) in [4.78, 5) is 24.8. The molecule has 1 aliphatic rings. The molecule has 1 heterocycles. The number of rotatable bonds is 6. The van der Waals surface area contributed by atoms with Crippen molar-refractivity contribution in [1.29, 1.82) is 0 Å². The van der Waals surface area contributed by atoms with Gasteiger partial charge < -0.3 is 10.1 Å². The van der Waals surface area contributed by atoms with E-state index in [1.165, 1.54) is 36.1 Å². The van der Waals surface area contributed by atoms with E-state index in [2.05, 4.69) is 5.32 Å². The lowest BCUT2D eigenvalue weighted by atomic mass is 10.0. The van der Waals surface area contributed by atoms with E-state index >= 15 is 0 Å². The largest absolute Gasteiger partial charge is 0.449 e. The molecule has 0 bridgehead atoms. The third-order valence-electron chi connectivity index (χ3n) is 5.02. The van der Waals surface area contributed by atoms with E-state index in [4.69, 9.17) is 16.3 Å². The maximum absolute atomic E-state index is 14.6. The number of ether oxygens (including phenoxy) is 1. The van der Waals surface area contributed by atoms with Crippen LogP contribution >= 0.6 is 11.6 Å². The Hall–Kier alpha value is -2.72. The fourth-order valence-corrected chi connectivity index (χ4v) is 5.60. The summed E-state index contributed by atoms with van der Waals surface area (Å²) in [6, 6.07) is 7.84. The Morgan fingerprint density at radius 3 is 2.56 bits per heavy atom. The van der Waals surface area contributed by atoms with Gasteiger partial charge in [0.05, 0.1) is 16.8 Å². The molecule has 0 saturated carbocycles. The van der Waals surface area contributed by atoms with Crippen molar-refractivity contribution in [2.24, 2.45) is 5.92 Å². The predicted octanol–water partition coefficient (Wildman–Crippen LogP) is 3.34. The highest BCUT2D eigenvalue weighted by Gasteiger charge is 2.37. The van der Waals surface area contributed by atoms with Crippen LogP contribution in [-0.2, 0) is 19.4 Å². The summed E-state index contributed by atoms with van der Waals surface area (Å²) >= 11 is 5.84. The molecule has 0 aliphatic carbocycles. The fraction of sp³-hybridized carbons (Fsp3) is 0.333. The van der Waals surface area contributed by atoms with Gasteiger partial charge in [-0.05, 0) is 42.5 Å². The van der Waals surface area contributed by atoms with E-state index in [1.807, 2.05) is 0 Å². The number of sulfone groups is 1. The van der Waals surface area contributed by atoms with Crippen LogP contribution in [0.3, 0.4) is 0 Å². The number of piperazine rings is 1. The molecule has 32 heavy (non-hydrogen) atoms. The number of nitrogens with zero attached hydrogens (tertiary/aromatic N) is 1. The zero-order valence-electron chi connectivity index (χ0n) is 17.1. The Bertz CT molecular complexity index is 1110. The van der Waals surface area contributed by atoms with Crippen LogP contribution in [-0.4, -0.2) is 51.6 Å². The molecule has 1 fully saturated rings. The van der Waals surface area contributed by atoms with Crippen LogP contribution in [0.2, 0.25) is 5.02 Å². The van der Waals surface area contributed by atoms with Crippen LogP contribution in [0.5, 0.6) is 0 Å². The van der Waals surface area contributed by atoms with Crippen LogP contribution in [0.15, 0.2) is 47.4 Å². The highest BCUT2D eigenvalue weighted by Crippen LogP contribution is 2.37. The van der Waals surface area contributed by atoms with Crippen molar-refractivity contribution < 1.29 is 31.5 Å². The number of carbonyl (C=O) groups is 2. The molecular weight excluding hydrogens is 466 g/mol. The third-order valence-corrected chi connectivity index (χ3v) is 7.59. The summed E-state index contributed by atoms with van der Waals surface area (Å²) < 4.78 is 60.5. The van der Waals surface area contributed by atoms with Crippen LogP contribution < -0.4 is 5.32 Å². The van der Waals surface area contributed by atoms with E-state index in [1.54, 1.807) is 0 Å². The van der Waals surface area contributed by atoms with Crippen molar-refractivity contribution in [3.05, 3.63) is 64.7 Å². The number of nitrogens with one attached hydrogen (secondary N) is 1. The third kappa shape index (κ3) is 5.36. The van der Waals surface area contributed by atoms with Gasteiger partial charge in [-0.2, -0.15) is 0 Å². The first-order valence-electron chi connectivity index (χ1n) is 9.72. The van der Waals surface area contributed by atoms with Gasteiger partial charge in [0.25, 0.3) is 0 Å². The maximum Gasteiger partial charge on any atom is 0.410 e. The van der Waals surface area contributed by atoms with Gasteiger partial charge in [-0.15, -0.1) is 0 Å². The minimum Gasteiger partial charge on any atom is -0.449 e. The van der Waals surface area contributed by atoms with E-state index in [9.17, 15) is 26.8 Å². The minimum atomic E-state index is -4.23. The van der Waals surface area contributed by atoms with Gasteiger partial charge in [-0.3, -0.25) is 9.69 Å². The molecular formula is C21H21ClF2N2O5S. The molecule has 2 atom stereocenters. The van der Waals surface area contributed by atoms with Crippen LogP contribution in [0, 0.1) is 17.6 Å². The van der Waals surface area contributed by atoms with Crippen LogP contribution in [0.4, 0.5) is 13.6 Å². The first-order valence-corrected chi connectivity index (χ1v) is 11.6. The average Bonchev–Trinajstić information content (AvgIpc) is 2.74. The second-order valence-electron chi connectivity index (χ2n) is 7.41. The van der Waals surface area contributed by atoms with Crippen molar-refractivity contribution in [3.63, 3.8) is 0 Å². The molecule has 11 heteroatoms. The van der Waals surface area contributed by atoms with Crippen LogP contribution in [0.1, 0.15) is 17.7 Å². The zero-order chi connectivity index (χ0) is 23.5. The summed E-state index contributed by atoms with van der Waals surface area (Å²) in [5.74, 6) is -3.00. The molecule has 2 aromatic rings. The van der Waals surface area contributed by atoms with Gasteiger partial charge in [0, 0.05) is 29.6 Å². The zero-order valence-corrected chi connectivity index (χ0v) is 18.6. The van der Waals surface area contributed by atoms with Gasteiger partial charge in [0.2, 0.25) is 5.91 Å². The molecule has 0 spiro atoms. The quantitative estimate of drug-likeness (QED) is 0.676. The van der Waals surface area contributed by atoms with Crippen molar-refractivity contribution in [3.8, 4) is 0 Å². The SMILES string of the molecule is CC(COC(=O)N1CCNC(=O)C1)C(c1cc(F)ccc1F)S(=O)(=O)c1ccc(Cl)cc1. The summed E-state index contributed by atoms with van der Waals surface area (Å²) in [5.41, 5.74) is -0.374. The van der Waals surface area contributed by atoms with E-state index in [0.29, 0.717) is 5.02 Å². The molecule has 7 nitrogen and oxygen atoms in total. The van der Waals surface area contributed by atoms with Crippen molar-refractivity contribution in [2.45, 2.75) is 17.1 Å². The first-order chi connectivity index (χ1) is 15.1. The highest BCUT2D eigenvalue weighted by atomic mass is 35.5. The Morgan fingerprint density at radius 1 is 1.22 bits per heavy atom. The molecule has 2 aromatic carbocycles. The van der Waals surface area contributed by atoms with E-state index in [0.717, 1.165) is 18.2 Å². The summed E-state index contributed by atoms with van der Waals surface area (Å²) in [7, 11) is -4.23. The lowest BCUT2D eigenvalue weighted by molar-refractivity contribution is -0.123. The lowest BCUT2D eigenvalue weighted by Gasteiger charge is -2.28. The maximum atomic E-state index is 14.6. The number of amides is 2. The van der Waals surface area contributed by atoms with Crippen LogP contribution in [0.25, 0.3) is 0 Å². The molecule has 0 aromatic heterocycles. The molecule has 3 rings (SSSR count). The Kier molecular flexibility index (Phi) is 7.35. The Labute approximate surface area is 189 Å². The van der Waals surface area contributed by atoms with Crippen molar-refractivity contribution in [1.82, 2.24) is 10.2 Å². The molecule has 1 N–H and O–H groups in total. The first kappa shape index (κ1) is 23.9. The molecule has 1 aliphatic heterocycles. The number of carbonyl (C=O) groups excluding carboxylic acids is 2. The number of hydrogen-bond acceptors (Lipinski definition) is 5. The van der Waals surface area contributed by atoms with E-state index < -0.39 is 45.3 Å². The Morgan fingerprint density at radius 2 is 1.91 bits per heavy atom. The average molecular weight is 487 g/mol. The fourth-order valence-electron chi connectivity index (χ4n) is 3.46. The smallest absolute Gasteiger partial charge is 0.410 e. The van der Waals surface area contributed by atoms with Crippen molar-refractivity contribution in [2.75, 3.05) is 26.2 Å². The Balaban J connectivity index is 1.90. The topological polar surface area (TPSA) is 92.8 Å². The normalized spacial score (nSPS) is 16.2. The monoisotopic (exact) mass is 486 g/mol.